The van der Waals surface area contributed by atoms with E-state index >= 15 is 0 Å². The Morgan fingerprint density at radius 3 is 0.985 bits per heavy atom. The van der Waals surface area contributed by atoms with Gasteiger partial charge in [0.15, 0.2) is 0 Å². The Balaban J connectivity index is 0.000000743. The number of carboxylic acid groups (broad SMARTS) is 1. The summed E-state index contributed by atoms with van der Waals surface area (Å²) >= 11 is 0. The van der Waals surface area contributed by atoms with Crippen LogP contribution in [0.1, 0.15) is 249 Å². The number of hydrogen-bond acceptors (Lipinski definition) is 21. The van der Waals surface area contributed by atoms with Crippen molar-refractivity contribution >= 4 is 5.97 Å². The Kier molecular flexibility index (Phi) is 64.2. The average Bonchev–Trinajstić information content (AvgIpc) is 1.71. The fourth-order valence-electron chi connectivity index (χ4n) is 17.9. The standard InChI is InChI=1S/C12H24N2.C12H23N.2C11H22N2.3C10H20N2.C10H17NO2.2C9H18N2.C9H17NO/c1-10(2)11(3)14-8-6-12(7-9-14)13(4)5;1-5-12-7-6-8-13(9-12)11(4)10(2)3;1-9(2)10(3)13-7-6-11(8-13)12(4)5;1-9(2)10(3)13-7-5-11(12-4)6-8-13;1-9(2)10(3)12-7-5-11(4)6-8-12;1-8(2)9(3)12-6-5-10(7-12)11-4;1-8(2)9(3)12-6-4-10(11)5-7-12;1-7(2)8(3)11-6-4-5-9(11)10(12)13;1-8(2)9(3)11-6-4-10-5-7-11;1-7(2)8(3)11-5-4-9(10)6-11;1-8(2)9(3)10-4-6-11-7-5-10/h10,12H,3,6-9H2,1-2,4-5H3;10,12H,4-9H2,1-3H3;9,11H,3,6-8H2,1-2,4-5H3;9,11-12H,3,5-8H2,1-2,4H3;9H,3,5-8H2,1-2,4H3;8,10-11H,3,5-7H2,1-2,4H3;8,10H,3-7,11H2,1-2H3;7,9H,3-6H2,1-2H3,(H,12,13);8,10H,3-7H2,1-2H3;7,9H,3-6,10H2,1-2H3;8H,3-7H2,1-2H3. The molecule has 0 bridgehead atoms. The summed E-state index contributed by atoms with van der Waals surface area (Å²) in [6.45, 7) is 125. The number of nitrogens with two attached hydrogens (primary N) is 2. The highest BCUT2D eigenvalue weighted by molar-refractivity contribution is 5.74. The maximum absolute atomic E-state index is 10.9. The topological polar surface area (TPSA) is 180 Å². The lowest BCUT2D eigenvalue weighted by molar-refractivity contribution is -0.141. The van der Waals surface area contributed by atoms with Crippen molar-refractivity contribution in [3.8, 4) is 0 Å². The number of ether oxygens (including phenoxy) is 1. The van der Waals surface area contributed by atoms with E-state index in [1.807, 2.05) is 25.8 Å². The third-order valence-electron chi connectivity index (χ3n) is 29.4. The molecule has 0 amide bonds. The monoisotopic (exact) mass is 1890 g/mol. The van der Waals surface area contributed by atoms with Crippen LogP contribution in [0.15, 0.2) is 135 Å². The number of allylic oxidation sites excluding steroid dienone is 11. The molecular formula is C113H221N19O3. The van der Waals surface area contributed by atoms with Gasteiger partial charge < -0.3 is 106 Å². The van der Waals surface area contributed by atoms with Gasteiger partial charge in [0.05, 0.1) is 13.2 Å². The van der Waals surface area contributed by atoms with E-state index in [0.717, 1.165) is 173 Å². The third kappa shape index (κ3) is 49.3. The van der Waals surface area contributed by atoms with E-state index in [9.17, 15) is 4.79 Å². The van der Waals surface area contributed by atoms with Crippen LogP contribution in [-0.4, -0.2) is 348 Å². The molecule has 8 N–H and O–H groups in total. The first kappa shape index (κ1) is 127. The van der Waals surface area contributed by atoms with Crippen molar-refractivity contribution in [1.29, 1.82) is 0 Å². The number of rotatable bonds is 28. The van der Waals surface area contributed by atoms with Crippen molar-refractivity contribution in [2.45, 2.75) is 291 Å². The van der Waals surface area contributed by atoms with Crippen LogP contribution in [0.3, 0.4) is 0 Å². The quantitative estimate of drug-likeness (QED) is 0.0435. The largest absolute Gasteiger partial charge is 0.480 e. The van der Waals surface area contributed by atoms with Crippen LogP contribution in [0.5, 0.6) is 0 Å². The molecule has 11 aliphatic rings. The number of carboxylic acids is 1. The van der Waals surface area contributed by atoms with Crippen molar-refractivity contribution in [2.24, 2.45) is 82.5 Å². The first-order chi connectivity index (χ1) is 63.3. The average molecular weight is 1890 g/mol. The molecule has 0 radical (unpaired) electrons. The smallest absolute Gasteiger partial charge is 0.326 e. The molecule has 11 aliphatic heterocycles. The highest BCUT2D eigenvalue weighted by Gasteiger charge is 2.33. The number of nitrogens with zero attached hydrogens (tertiary/aromatic N) is 14. The Labute approximate surface area is 835 Å². The Morgan fingerprint density at radius 1 is 0.341 bits per heavy atom. The summed E-state index contributed by atoms with van der Waals surface area (Å²) in [6.07, 6.45) is 16.7. The molecule has 786 valence electrons. The molecule has 0 aromatic heterocycles. The van der Waals surface area contributed by atoms with Gasteiger partial charge >= 0.3 is 5.97 Å². The molecule has 0 aromatic carbocycles. The summed E-state index contributed by atoms with van der Waals surface area (Å²) in [5.41, 5.74) is 25.4. The molecule has 11 fully saturated rings. The number of morpholine rings is 1. The van der Waals surface area contributed by atoms with Gasteiger partial charge in [-0.05, 0) is 204 Å². The van der Waals surface area contributed by atoms with Gasteiger partial charge in [-0.25, -0.2) is 4.79 Å². The first-order valence-electron chi connectivity index (χ1n) is 53.5. The Bertz CT molecular complexity index is 3210. The van der Waals surface area contributed by atoms with E-state index in [0.29, 0.717) is 83.2 Å². The molecule has 11 saturated heterocycles. The lowest BCUT2D eigenvalue weighted by Crippen LogP contribution is -2.44. The second-order valence-electron chi connectivity index (χ2n) is 43.9. The molecule has 22 heteroatoms. The lowest BCUT2D eigenvalue weighted by Gasteiger charge is -2.38. The number of nitrogens with one attached hydrogen (secondary N) is 3. The molecular weight excluding hydrogens is 1670 g/mol. The van der Waals surface area contributed by atoms with Crippen LogP contribution in [-0.2, 0) is 9.53 Å². The van der Waals surface area contributed by atoms with E-state index in [2.05, 4.69) is 340 Å². The van der Waals surface area contributed by atoms with Crippen LogP contribution in [0.25, 0.3) is 0 Å². The highest BCUT2D eigenvalue weighted by atomic mass is 16.5. The third-order valence-corrected chi connectivity index (χ3v) is 29.4. The van der Waals surface area contributed by atoms with Gasteiger partial charge in [0, 0.05) is 263 Å². The summed E-state index contributed by atoms with van der Waals surface area (Å²) in [5.74, 6) is 6.34. The van der Waals surface area contributed by atoms with Crippen molar-refractivity contribution in [3.63, 3.8) is 0 Å². The van der Waals surface area contributed by atoms with Crippen molar-refractivity contribution in [3.05, 3.63) is 135 Å². The number of aliphatic carboxylic acids is 1. The zero-order valence-electron chi connectivity index (χ0n) is 93.9. The van der Waals surface area contributed by atoms with Crippen LogP contribution in [0, 0.1) is 71.0 Å². The number of piperidine rings is 4. The molecule has 11 heterocycles. The van der Waals surface area contributed by atoms with Crippen LogP contribution in [0.2, 0.25) is 0 Å². The van der Waals surface area contributed by atoms with Gasteiger partial charge in [0.1, 0.15) is 6.04 Å². The SMILES string of the molecule is C=C(C(C)C)N1CCC(N(C)C)C1.C=C(C(C)C)N1CCC(N(C)C)CC1.C=C(C(C)C)N1CCC(N)C1.C=C(C(C)C)N1CCC(N)CC1.C=C(C(C)C)N1CCC(NC)C1.C=C(C(C)C)N1CCC(NC)CC1.C=C(C(C)C)N1CCCC(CC)C1.C=C(C(C)C)N1CCCC1C(=O)O.C=C(C(C)C)N1CCN(C)CC1.C=C(C(C)C)N1CCNCC1.C=C(C(C)C)N1CCOCC1. The normalized spacial score (nSPS) is 21.4. The van der Waals surface area contributed by atoms with Crippen LogP contribution in [0.4, 0.5) is 0 Å². The predicted molar refractivity (Wildman–Crippen MR) is 589 cm³/mol. The minimum atomic E-state index is -0.723. The zero-order chi connectivity index (χ0) is 103. The number of likely N-dealkylation sites (tertiary alicyclic amines) is 8. The van der Waals surface area contributed by atoms with E-state index in [1.165, 1.54) is 180 Å². The predicted octanol–water partition coefficient (Wildman–Crippen LogP) is 19.0. The molecule has 22 nitrogen and oxygen atoms in total. The minimum absolute atomic E-state index is 0.333. The Hall–Kier alpha value is -5.95. The minimum Gasteiger partial charge on any atom is -0.480 e. The van der Waals surface area contributed by atoms with E-state index in [4.69, 9.17) is 21.3 Å². The number of carbonyl (C=O) groups is 1. The highest BCUT2D eigenvalue weighted by Crippen LogP contribution is 2.30. The number of hydrogen-bond donors (Lipinski definition) is 6. The Morgan fingerprint density at radius 2 is 0.637 bits per heavy atom. The lowest BCUT2D eigenvalue weighted by atomic mass is 9.94. The van der Waals surface area contributed by atoms with Gasteiger partial charge in [-0.2, -0.15) is 0 Å². The maximum Gasteiger partial charge on any atom is 0.326 e. The fourth-order valence-corrected chi connectivity index (χ4v) is 17.9. The maximum atomic E-state index is 10.9. The molecule has 5 atom stereocenters. The molecule has 0 saturated carbocycles. The van der Waals surface area contributed by atoms with Gasteiger partial charge in [-0.1, -0.05) is 238 Å². The van der Waals surface area contributed by atoms with E-state index in [-0.39, 0.29) is 6.04 Å². The van der Waals surface area contributed by atoms with Crippen LogP contribution >= 0.6 is 0 Å². The molecule has 5 unspecified atom stereocenters. The van der Waals surface area contributed by atoms with Gasteiger partial charge in [-0.15, -0.1) is 0 Å². The second kappa shape index (κ2) is 68.2. The number of piperazine rings is 2. The molecule has 135 heavy (non-hydrogen) atoms. The summed E-state index contributed by atoms with van der Waals surface area (Å²) < 4.78 is 5.25. The summed E-state index contributed by atoms with van der Waals surface area (Å²) in [7, 11) is 14.9. The molecule has 0 aromatic rings. The van der Waals surface area contributed by atoms with Gasteiger partial charge in [0.25, 0.3) is 0 Å². The summed E-state index contributed by atoms with van der Waals surface area (Å²) in [5, 5.41) is 18.9. The summed E-state index contributed by atoms with van der Waals surface area (Å²) in [4.78, 5) is 43.8. The van der Waals surface area contributed by atoms with Crippen LogP contribution < -0.4 is 27.4 Å². The summed E-state index contributed by atoms with van der Waals surface area (Å²) in [6, 6.07) is 3.32. The van der Waals surface area contributed by atoms with Crippen molar-refractivity contribution in [1.82, 2.24) is 84.5 Å². The van der Waals surface area contributed by atoms with E-state index < -0.39 is 5.97 Å². The number of likely N-dealkylation sites (N-methyl/N-ethyl adjacent to an activating group) is 3. The molecule has 11 rings (SSSR count). The second-order valence-corrected chi connectivity index (χ2v) is 43.9. The van der Waals surface area contributed by atoms with Crippen molar-refractivity contribution < 1.29 is 14.6 Å². The molecule has 0 spiro atoms. The zero-order valence-corrected chi connectivity index (χ0v) is 93.9. The van der Waals surface area contributed by atoms with Gasteiger partial charge in [-0.3, -0.25) is 0 Å². The van der Waals surface area contributed by atoms with Crippen molar-refractivity contribution in [2.75, 3.05) is 226 Å². The van der Waals surface area contributed by atoms with E-state index in [1.54, 1.807) is 0 Å². The first-order valence-corrected chi connectivity index (χ1v) is 53.5. The van der Waals surface area contributed by atoms with Gasteiger partial charge in [0.2, 0.25) is 0 Å². The fraction of sp³-hybridized carbons (Fsp3) is 0.796. The molecule has 0 aliphatic carbocycles.